The van der Waals surface area contributed by atoms with E-state index in [1.165, 1.54) is 48.8 Å². The average Bonchev–Trinajstić information content (AvgIpc) is 2.47. The molecule has 0 radical (unpaired) electrons. The van der Waals surface area contributed by atoms with Crippen LogP contribution >= 0.6 is 0 Å². The molecule has 1 saturated heterocycles. The van der Waals surface area contributed by atoms with Gasteiger partial charge in [0.15, 0.2) is 0 Å². The van der Waals surface area contributed by atoms with E-state index in [4.69, 9.17) is 5.11 Å². The number of fused-ring (bicyclic) bond motifs is 1. The predicted molar refractivity (Wildman–Crippen MR) is 75.9 cm³/mol. The molecule has 94 valence electrons. The Balaban J connectivity index is 1.95. The lowest BCUT2D eigenvalue weighted by Gasteiger charge is -2.29. The highest BCUT2D eigenvalue weighted by Crippen LogP contribution is 2.25. The summed E-state index contributed by atoms with van der Waals surface area (Å²) in [4.78, 5) is 2.48. The van der Waals surface area contributed by atoms with Crippen molar-refractivity contribution in [3.63, 3.8) is 0 Å². The maximum absolute atomic E-state index is 9.15. The van der Waals surface area contributed by atoms with Crippen LogP contribution in [0.1, 0.15) is 24.8 Å². The summed E-state index contributed by atoms with van der Waals surface area (Å²) in [5.74, 6) is 0. The Morgan fingerprint density at radius 2 is 1.61 bits per heavy atom. The second kappa shape index (κ2) is 4.99. The maximum atomic E-state index is 9.15. The van der Waals surface area contributed by atoms with E-state index in [0.717, 1.165) is 5.56 Å². The number of aliphatic hydroxyl groups is 1. The zero-order valence-electron chi connectivity index (χ0n) is 10.6. The van der Waals surface area contributed by atoms with Gasteiger partial charge in [0.1, 0.15) is 0 Å². The van der Waals surface area contributed by atoms with Crippen LogP contribution in [0.3, 0.4) is 0 Å². The van der Waals surface area contributed by atoms with Crippen molar-refractivity contribution >= 4 is 16.5 Å². The van der Waals surface area contributed by atoms with Gasteiger partial charge in [0.25, 0.3) is 0 Å². The zero-order chi connectivity index (χ0) is 12.4. The van der Waals surface area contributed by atoms with Crippen molar-refractivity contribution in [1.29, 1.82) is 0 Å². The quantitative estimate of drug-likeness (QED) is 0.871. The molecule has 2 aromatic rings. The minimum Gasteiger partial charge on any atom is -0.392 e. The molecule has 1 aliphatic rings. The standard InChI is InChI=1S/C16H19NO/c18-12-13-4-5-15-11-16(7-6-14(15)10-13)17-8-2-1-3-9-17/h4-7,10-11,18H,1-3,8-9,12H2. The van der Waals surface area contributed by atoms with E-state index >= 15 is 0 Å². The molecule has 0 unspecified atom stereocenters. The van der Waals surface area contributed by atoms with Crippen molar-refractivity contribution in [3.05, 3.63) is 42.0 Å². The SMILES string of the molecule is OCc1ccc2cc(N3CCCCC3)ccc2c1. The zero-order valence-corrected chi connectivity index (χ0v) is 10.6. The lowest BCUT2D eigenvalue weighted by atomic mass is 10.0. The van der Waals surface area contributed by atoms with Crippen LogP contribution < -0.4 is 4.90 Å². The molecule has 1 heterocycles. The molecular formula is C16H19NO. The van der Waals surface area contributed by atoms with Gasteiger partial charge in [-0.2, -0.15) is 0 Å². The van der Waals surface area contributed by atoms with Crippen LogP contribution in [0, 0.1) is 0 Å². The van der Waals surface area contributed by atoms with Gasteiger partial charge >= 0.3 is 0 Å². The topological polar surface area (TPSA) is 23.5 Å². The smallest absolute Gasteiger partial charge is 0.0682 e. The monoisotopic (exact) mass is 241 g/mol. The molecule has 1 N–H and O–H groups in total. The summed E-state index contributed by atoms with van der Waals surface area (Å²) in [5.41, 5.74) is 2.31. The maximum Gasteiger partial charge on any atom is 0.0682 e. The van der Waals surface area contributed by atoms with Crippen molar-refractivity contribution in [2.24, 2.45) is 0 Å². The largest absolute Gasteiger partial charge is 0.392 e. The van der Waals surface area contributed by atoms with Gasteiger partial charge in [0, 0.05) is 18.8 Å². The highest BCUT2D eigenvalue weighted by molar-refractivity contribution is 5.86. The van der Waals surface area contributed by atoms with E-state index < -0.39 is 0 Å². The highest BCUT2D eigenvalue weighted by atomic mass is 16.3. The predicted octanol–water partition coefficient (Wildman–Crippen LogP) is 3.32. The molecule has 2 aromatic carbocycles. The second-order valence-electron chi connectivity index (χ2n) is 5.07. The van der Waals surface area contributed by atoms with Crippen LogP contribution in [0.25, 0.3) is 10.8 Å². The Bertz CT molecular complexity index is 544. The van der Waals surface area contributed by atoms with Crippen LogP contribution in [0.4, 0.5) is 5.69 Å². The number of anilines is 1. The first-order valence-corrected chi connectivity index (χ1v) is 6.75. The summed E-state index contributed by atoms with van der Waals surface area (Å²) >= 11 is 0. The fourth-order valence-corrected chi connectivity index (χ4v) is 2.73. The Hall–Kier alpha value is -1.54. The lowest BCUT2D eigenvalue weighted by molar-refractivity contribution is 0.282. The average molecular weight is 241 g/mol. The fraction of sp³-hybridized carbons (Fsp3) is 0.375. The summed E-state index contributed by atoms with van der Waals surface area (Å²) in [7, 11) is 0. The fourth-order valence-electron chi connectivity index (χ4n) is 2.73. The van der Waals surface area contributed by atoms with Crippen LogP contribution in [0.15, 0.2) is 36.4 Å². The molecule has 0 amide bonds. The van der Waals surface area contributed by atoms with Crippen LogP contribution in [0.2, 0.25) is 0 Å². The number of benzene rings is 2. The molecule has 2 heteroatoms. The summed E-state index contributed by atoms with van der Waals surface area (Å²) < 4.78 is 0. The van der Waals surface area contributed by atoms with Gasteiger partial charge in [0.2, 0.25) is 0 Å². The number of nitrogens with zero attached hydrogens (tertiary/aromatic N) is 1. The molecule has 0 spiro atoms. The molecular weight excluding hydrogens is 222 g/mol. The summed E-state index contributed by atoms with van der Waals surface area (Å²) in [6.45, 7) is 2.48. The first-order chi connectivity index (χ1) is 8.86. The van der Waals surface area contributed by atoms with Crippen molar-refractivity contribution in [3.8, 4) is 0 Å². The minimum absolute atomic E-state index is 0.115. The van der Waals surface area contributed by atoms with Gasteiger partial charge in [-0.15, -0.1) is 0 Å². The molecule has 0 aliphatic carbocycles. The molecule has 0 saturated carbocycles. The van der Waals surface area contributed by atoms with Crippen molar-refractivity contribution in [2.45, 2.75) is 25.9 Å². The van der Waals surface area contributed by atoms with E-state index in [0.29, 0.717) is 0 Å². The molecule has 0 bridgehead atoms. The Morgan fingerprint density at radius 3 is 2.39 bits per heavy atom. The first kappa shape index (κ1) is 11.5. The molecule has 3 rings (SSSR count). The molecule has 18 heavy (non-hydrogen) atoms. The number of rotatable bonds is 2. The van der Waals surface area contributed by atoms with E-state index in [2.05, 4.69) is 35.2 Å². The normalized spacial score (nSPS) is 16.2. The summed E-state index contributed by atoms with van der Waals surface area (Å²) in [5, 5.41) is 11.6. The Morgan fingerprint density at radius 1 is 0.889 bits per heavy atom. The van der Waals surface area contributed by atoms with E-state index in [1.54, 1.807) is 0 Å². The Labute approximate surface area is 108 Å². The second-order valence-corrected chi connectivity index (χ2v) is 5.07. The van der Waals surface area contributed by atoms with Gasteiger partial charge in [-0.05, 0) is 53.8 Å². The van der Waals surface area contributed by atoms with Gasteiger partial charge in [0.05, 0.1) is 6.61 Å². The third kappa shape index (κ3) is 2.21. The van der Waals surface area contributed by atoms with Gasteiger partial charge in [-0.3, -0.25) is 0 Å². The third-order valence-corrected chi connectivity index (χ3v) is 3.79. The van der Waals surface area contributed by atoms with E-state index in [9.17, 15) is 0 Å². The minimum atomic E-state index is 0.115. The number of hydrogen-bond donors (Lipinski definition) is 1. The van der Waals surface area contributed by atoms with Crippen molar-refractivity contribution < 1.29 is 5.11 Å². The summed E-state index contributed by atoms with van der Waals surface area (Å²) in [6, 6.07) is 12.8. The lowest BCUT2D eigenvalue weighted by Crippen LogP contribution is -2.29. The van der Waals surface area contributed by atoms with Crippen LogP contribution in [-0.2, 0) is 6.61 Å². The Kier molecular flexibility index (Phi) is 3.20. The molecule has 0 atom stereocenters. The first-order valence-electron chi connectivity index (χ1n) is 6.75. The highest BCUT2D eigenvalue weighted by Gasteiger charge is 2.10. The number of hydrogen-bond acceptors (Lipinski definition) is 2. The molecule has 1 fully saturated rings. The van der Waals surface area contributed by atoms with Gasteiger partial charge < -0.3 is 10.0 Å². The van der Waals surface area contributed by atoms with E-state index in [-0.39, 0.29) is 6.61 Å². The molecule has 0 aromatic heterocycles. The van der Waals surface area contributed by atoms with Crippen LogP contribution in [-0.4, -0.2) is 18.2 Å². The van der Waals surface area contributed by atoms with Crippen molar-refractivity contribution in [2.75, 3.05) is 18.0 Å². The summed E-state index contributed by atoms with van der Waals surface area (Å²) in [6.07, 6.45) is 3.98. The molecule has 2 nitrogen and oxygen atoms in total. The van der Waals surface area contributed by atoms with Gasteiger partial charge in [-0.25, -0.2) is 0 Å². The number of piperidine rings is 1. The van der Waals surface area contributed by atoms with Crippen molar-refractivity contribution in [1.82, 2.24) is 0 Å². The van der Waals surface area contributed by atoms with E-state index in [1.807, 2.05) is 6.07 Å². The van der Waals surface area contributed by atoms with Crippen LogP contribution in [0.5, 0.6) is 0 Å². The van der Waals surface area contributed by atoms with Gasteiger partial charge in [-0.1, -0.05) is 18.2 Å². The third-order valence-electron chi connectivity index (χ3n) is 3.79. The molecule has 1 aliphatic heterocycles. The number of aliphatic hydroxyl groups excluding tert-OH is 1.